The van der Waals surface area contributed by atoms with E-state index >= 15 is 0 Å². The van der Waals surface area contributed by atoms with Crippen molar-refractivity contribution in [2.75, 3.05) is 21.3 Å². The van der Waals surface area contributed by atoms with Gasteiger partial charge in [-0.1, -0.05) is 17.7 Å². The van der Waals surface area contributed by atoms with Crippen LogP contribution in [0.4, 0.5) is 0 Å². The van der Waals surface area contributed by atoms with Gasteiger partial charge in [0.1, 0.15) is 0 Å². The van der Waals surface area contributed by atoms with Crippen LogP contribution < -0.4 is 19.5 Å². The van der Waals surface area contributed by atoms with E-state index in [9.17, 15) is 13.2 Å². The maximum Gasteiger partial charge on any atom is 0.208 e. The number of hydrogen-bond donors (Lipinski definition) is 1. The second kappa shape index (κ2) is 8.09. The first kappa shape index (κ1) is 19.6. The van der Waals surface area contributed by atoms with Crippen LogP contribution in [-0.2, 0) is 14.6 Å². The molecule has 8 heteroatoms. The van der Waals surface area contributed by atoms with Gasteiger partial charge in [0.05, 0.1) is 26.2 Å². The largest absolute Gasteiger partial charge is 0.493 e. The van der Waals surface area contributed by atoms with Crippen molar-refractivity contribution in [2.45, 2.75) is 17.2 Å². The summed E-state index contributed by atoms with van der Waals surface area (Å²) >= 11 is 0. The zero-order valence-electron chi connectivity index (χ0n) is 15.0. The number of ether oxygens (including phenoxy) is 3. The first-order valence-corrected chi connectivity index (χ1v) is 9.23. The van der Waals surface area contributed by atoms with Crippen molar-refractivity contribution in [2.24, 2.45) is 0 Å². The van der Waals surface area contributed by atoms with Crippen LogP contribution in [0.15, 0.2) is 41.3 Å². The summed E-state index contributed by atoms with van der Waals surface area (Å²) in [6, 6.07) is 9.38. The Balaban J connectivity index is 2.63. The molecule has 0 spiro atoms. The van der Waals surface area contributed by atoms with Crippen LogP contribution in [0.2, 0.25) is 0 Å². The molecule has 0 aliphatic rings. The first-order valence-electron chi connectivity index (χ1n) is 7.69. The molecule has 0 aromatic heterocycles. The van der Waals surface area contributed by atoms with E-state index in [-0.39, 0.29) is 10.5 Å². The topological polar surface area (TPSA) is 90.9 Å². The molecule has 1 amide bonds. The standard InChI is InChI=1S/C18H21NO6S/c1-12-5-7-14(8-6-12)26(21,22)18(19-11-20)13-9-15(23-2)17(25-4)16(10-13)24-3/h5-11,18H,1-4H3,(H,19,20). The average molecular weight is 379 g/mol. The summed E-state index contributed by atoms with van der Waals surface area (Å²) in [6.07, 6.45) is 0.347. The molecule has 1 atom stereocenters. The number of rotatable bonds is 8. The first-order chi connectivity index (χ1) is 12.4. The van der Waals surface area contributed by atoms with Crippen molar-refractivity contribution in [3.63, 3.8) is 0 Å². The van der Waals surface area contributed by atoms with E-state index in [0.29, 0.717) is 23.7 Å². The number of hydrogen-bond acceptors (Lipinski definition) is 6. The van der Waals surface area contributed by atoms with Gasteiger partial charge in [0, 0.05) is 0 Å². The lowest BCUT2D eigenvalue weighted by Crippen LogP contribution is -2.28. The highest BCUT2D eigenvalue weighted by Gasteiger charge is 2.30. The summed E-state index contributed by atoms with van der Waals surface area (Å²) in [7, 11) is 0.408. The Morgan fingerprint density at radius 3 is 1.92 bits per heavy atom. The van der Waals surface area contributed by atoms with Gasteiger partial charge >= 0.3 is 0 Å². The zero-order valence-corrected chi connectivity index (χ0v) is 15.8. The predicted molar refractivity (Wildman–Crippen MR) is 96.4 cm³/mol. The Morgan fingerprint density at radius 1 is 0.962 bits per heavy atom. The number of benzene rings is 2. The molecule has 26 heavy (non-hydrogen) atoms. The van der Waals surface area contributed by atoms with Crippen molar-refractivity contribution < 1.29 is 27.4 Å². The molecule has 0 aliphatic heterocycles. The molecule has 2 aromatic carbocycles. The van der Waals surface area contributed by atoms with Crippen LogP contribution in [0.25, 0.3) is 0 Å². The molecule has 0 aliphatic carbocycles. The van der Waals surface area contributed by atoms with Crippen molar-refractivity contribution in [1.82, 2.24) is 5.32 Å². The van der Waals surface area contributed by atoms with Gasteiger partial charge in [-0.3, -0.25) is 4.79 Å². The monoisotopic (exact) mass is 379 g/mol. The molecule has 0 bridgehead atoms. The third-order valence-corrected chi connectivity index (χ3v) is 5.83. The molecule has 1 unspecified atom stereocenters. The van der Waals surface area contributed by atoms with E-state index in [1.165, 1.54) is 45.6 Å². The lowest BCUT2D eigenvalue weighted by molar-refractivity contribution is -0.109. The van der Waals surface area contributed by atoms with Crippen molar-refractivity contribution in [3.8, 4) is 17.2 Å². The van der Waals surface area contributed by atoms with Gasteiger partial charge in [0.25, 0.3) is 0 Å². The minimum atomic E-state index is -3.90. The number of carbonyl (C=O) groups is 1. The maximum absolute atomic E-state index is 13.1. The van der Waals surface area contributed by atoms with E-state index in [2.05, 4.69) is 5.32 Å². The minimum absolute atomic E-state index is 0.0937. The second-order valence-corrected chi connectivity index (χ2v) is 7.51. The molecule has 140 valence electrons. The lowest BCUT2D eigenvalue weighted by atomic mass is 10.1. The number of sulfone groups is 1. The predicted octanol–water partition coefficient (Wildman–Crippen LogP) is 2.24. The number of carbonyl (C=O) groups excluding carboxylic acids is 1. The SMILES string of the molecule is COc1cc(C(NC=O)S(=O)(=O)c2ccc(C)cc2)cc(OC)c1OC. The number of nitrogens with one attached hydrogen (secondary N) is 1. The van der Waals surface area contributed by atoms with Gasteiger partial charge in [-0.05, 0) is 36.8 Å². The summed E-state index contributed by atoms with van der Waals surface area (Å²) < 4.78 is 41.9. The highest BCUT2D eigenvalue weighted by Crippen LogP contribution is 2.41. The molecule has 2 aromatic rings. The quantitative estimate of drug-likeness (QED) is 0.708. The molecule has 0 heterocycles. The fourth-order valence-corrected chi connectivity index (χ4v) is 4.06. The van der Waals surface area contributed by atoms with Crippen LogP contribution >= 0.6 is 0 Å². The van der Waals surface area contributed by atoms with E-state index in [0.717, 1.165) is 5.56 Å². The molecule has 7 nitrogen and oxygen atoms in total. The highest BCUT2D eigenvalue weighted by molar-refractivity contribution is 7.91. The number of amides is 1. The van der Waals surface area contributed by atoms with Gasteiger partial charge in [-0.25, -0.2) is 8.42 Å². The summed E-state index contributed by atoms with van der Waals surface area (Å²) in [5.74, 6) is 0.911. The fourth-order valence-electron chi connectivity index (χ4n) is 2.54. The van der Waals surface area contributed by atoms with E-state index in [4.69, 9.17) is 14.2 Å². The average Bonchev–Trinajstić information content (AvgIpc) is 2.65. The molecule has 0 saturated heterocycles. The number of aryl methyl sites for hydroxylation is 1. The Bertz CT molecular complexity index is 852. The van der Waals surface area contributed by atoms with Crippen molar-refractivity contribution in [3.05, 3.63) is 47.5 Å². The summed E-state index contributed by atoms with van der Waals surface area (Å²) in [5.41, 5.74) is 1.21. The van der Waals surface area contributed by atoms with Gasteiger partial charge in [-0.2, -0.15) is 0 Å². The third-order valence-electron chi connectivity index (χ3n) is 3.87. The molecule has 0 fully saturated rings. The summed E-state index contributed by atoms with van der Waals surface area (Å²) in [6.45, 7) is 1.86. The molecule has 0 saturated carbocycles. The Labute approximate surface area is 152 Å². The van der Waals surface area contributed by atoms with E-state index in [1.54, 1.807) is 12.1 Å². The van der Waals surface area contributed by atoms with Gasteiger partial charge in [0.2, 0.25) is 22.0 Å². The van der Waals surface area contributed by atoms with Gasteiger partial charge < -0.3 is 19.5 Å². The lowest BCUT2D eigenvalue weighted by Gasteiger charge is -2.20. The van der Waals surface area contributed by atoms with Crippen LogP contribution in [0.5, 0.6) is 17.2 Å². The zero-order chi connectivity index (χ0) is 19.3. The Kier molecular flexibility index (Phi) is 6.10. The normalized spacial score (nSPS) is 12.2. The molecule has 2 rings (SSSR count). The van der Waals surface area contributed by atoms with Gasteiger partial charge in [0.15, 0.2) is 16.9 Å². The molecular formula is C18H21NO6S. The fraction of sp³-hybridized carbons (Fsp3) is 0.278. The van der Waals surface area contributed by atoms with Crippen molar-refractivity contribution >= 4 is 16.2 Å². The molecule has 1 N–H and O–H groups in total. The number of methoxy groups -OCH3 is 3. The molecular weight excluding hydrogens is 358 g/mol. The van der Waals surface area contributed by atoms with Gasteiger partial charge in [-0.15, -0.1) is 0 Å². The minimum Gasteiger partial charge on any atom is -0.493 e. The second-order valence-electron chi connectivity index (χ2n) is 5.48. The van der Waals surface area contributed by atoms with Crippen molar-refractivity contribution in [1.29, 1.82) is 0 Å². The summed E-state index contributed by atoms with van der Waals surface area (Å²) in [5, 5.41) is 1.06. The summed E-state index contributed by atoms with van der Waals surface area (Å²) in [4.78, 5) is 11.2. The van der Waals surface area contributed by atoms with E-state index in [1.807, 2.05) is 6.92 Å². The maximum atomic E-state index is 13.1. The van der Waals surface area contributed by atoms with Crippen LogP contribution in [-0.4, -0.2) is 36.2 Å². The van der Waals surface area contributed by atoms with Crippen LogP contribution in [0, 0.1) is 6.92 Å². The molecule has 0 radical (unpaired) electrons. The van der Waals surface area contributed by atoms with E-state index < -0.39 is 15.2 Å². The third kappa shape index (κ3) is 3.75. The van der Waals surface area contributed by atoms with Crippen LogP contribution in [0.1, 0.15) is 16.5 Å². The smallest absolute Gasteiger partial charge is 0.208 e. The highest BCUT2D eigenvalue weighted by atomic mass is 32.2. The Morgan fingerprint density at radius 2 is 1.50 bits per heavy atom. The van der Waals surface area contributed by atoms with Crippen LogP contribution in [0.3, 0.4) is 0 Å². The Hall–Kier alpha value is -2.74.